The molecule has 0 fully saturated rings. The Balaban J connectivity index is 1.56. The Morgan fingerprint density at radius 1 is 1.04 bits per heavy atom. The molecule has 6 nitrogen and oxygen atoms in total. The third kappa shape index (κ3) is 3.70. The van der Waals surface area contributed by atoms with Crippen molar-refractivity contribution >= 4 is 28.7 Å². The maximum absolute atomic E-state index is 13.9. The summed E-state index contributed by atoms with van der Waals surface area (Å²) in [6.07, 6.45) is 1.40. The number of Topliss-reactive ketones (excluding diaryl/α,β-unsaturated/α-hetero) is 1. The molecule has 0 aliphatic rings. The van der Waals surface area contributed by atoms with E-state index in [9.17, 15) is 9.18 Å². The van der Waals surface area contributed by atoms with Gasteiger partial charge in [0.2, 0.25) is 0 Å². The maximum atomic E-state index is 13.9. The zero-order valence-electron chi connectivity index (χ0n) is 14.1. The molecule has 0 aliphatic carbocycles. The normalized spacial score (nSPS) is 11.0. The third-order valence-corrected chi connectivity index (χ3v) is 4.96. The monoisotopic (exact) mass is 379 g/mol. The Hall–Kier alpha value is -3.13. The van der Waals surface area contributed by atoms with Gasteiger partial charge in [0.25, 0.3) is 0 Å². The van der Waals surface area contributed by atoms with Gasteiger partial charge in [-0.1, -0.05) is 65.5 Å². The van der Waals surface area contributed by atoms with Crippen molar-refractivity contribution in [3.05, 3.63) is 77.9 Å². The topological polar surface area (TPSA) is 73.6 Å². The average Bonchev–Trinajstić information content (AvgIpc) is 3.12. The van der Waals surface area contributed by atoms with E-state index in [-0.39, 0.29) is 23.9 Å². The molecule has 2 heterocycles. The first-order valence-electron chi connectivity index (χ1n) is 8.21. The molecule has 4 rings (SSSR count). The highest BCUT2D eigenvalue weighted by Gasteiger charge is 2.15. The lowest BCUT2D eigenvalue weighted by atomic mass is 10.2. The van der Waals surface area contributed by atoms with Gasteiger partial charge in [-0.3, -0.25) is 4.79 Å². The van der Waals surface area contributed by atoms with E-state index >= 15 is 0 Å². The molecule has 8 heteroatoms. The molecule has 0 spiro atoms. The molecule has 0 aliphatic heterocycles. The van der Waals surface area contributed by atoms with Crippen LogP contribution in [0.15, 0.2) is 66.0 Å². The summed E-state index contributed by atoms with van der Waals surface area (Å²) in [6.45, 7) is 0.216. The predicted octanol–water partition coefficient (Wildman–Crippen LogP) is 3.38. The summed E-state index contributed by atoms with van der Waals surface area (Å²) in [7, 11) is 0. The van der Waals surface area contributed by atoms with E-state index in [0.29, 0.717) is 27.3 Å². The van der Waals surface area contributed by atoms with Crippen LogP contribution in [-0.4, -0.2) is 36.5 Å². The van der Waals surface area contributed by atoms with Crippen molar-refractivity contribution < 1.29 is 9.18 Å². The zero-order valence-corrected chi connectivity index (χ0v) is 14.9. The summed E-state index contributed by atoms with van der Waals surface area (Å²) < 4.78 is 15.4. The highest BCUT2D eigenvalue weighted by atomic mass is 32.2. The van der Waals surface area contributed by atoms with Crippen LogP contribution in [0.4, 0.5) is 4.39 Å². The van der Waals surface area contributed by atoms with E-state index in [2.05, 4.69) is 20.3 Å². The van der Waals surface area contributed by atoms with Crippen molar-refractivity contribution in [3.8, 4) is 0 Å². The van der Waals surface area contributed by atoms with E-state index < -0.39 is 0 Å². The summed E-state index contributed by atoms with van der Waals surface area (Å²) in [5, 5.41) is 8.78. The van der Waals surface area contributed by atoms with Gasteiger partial charge in [-0.2, -0.15) is 0 Å². The van der Waals surface area contributed by atoms with Crippen molar-refractivity contribution in [1.29, 1.82) is 0 Å². The summed E-state index contributed by atoms with van der Waals surface area (Å²) >= 11 is 1.29. The molecule has 0 saturated carbocycles. The van der Waals surface area contributed by atoms with Gasteiger partial charge in [0, 0.05) is 11.1 Å². The van der Waals surface area contributed by atoms with Crippen molar-refractivity contribution in [2.75, 3.05) is 5.75 Å². The van der Waals surface area contributed by atoms with Crippen LogP contribution in [0.2, 0.25) is 0 Å². The molecule has 0 bridgehead atoms. The fraction of sp³-hybridized carbons (Fsp3) is 0.105. The SMILES string of the molecule is O=C(CSc1ncnc2c1nnn2Cc1ccccc1F)c1ccccc1. The predicted molar refractivity (Wildman–Crippen MR) is 100 cm³/mol. The Kier molecular flexibility index (Phi) is 4.88. The minimum absolute atomic E-state index is 0.00566. The van der Waals surface area contributed by atoms with Crippen LogP contribution >= 0.6 is 11.8 Å². The first kappa shape index (κ1) is 17.3. The number of benzene rings is 2. The lowest BCUT2D eigenvalue weighted by Crippen LogP contribution is -2.05. The quantitative estimate of drug-likeness (QED) is 0.290. The van der Waals surface area contributed by atoms with Gasteiger partial charge < -0.3 is 0 Å². The van der Waals surface area contributed by atoms with Crippen molar-refractivity contribution in [1.82, 2.24) is 25.0 Å². The largest absolute Gasteiger partial charge is 0.293 e. The van der Waals surface area contributed by atoms with Crippen LogP contribution in [0.3, 0.4) is 0 Å². The number of aromatic nitrogens is 5. The second-order valence-corrected chi connectivity index (χ2v) is 6.73. The van der Waals surface area contributed by atoms with E-state index in [1.54, 1.807) is 30.3 Å². The van der Waals surface area contributed by atoms with Gasteiger partial charge in [0.15, 0.2) is 16.9 Å². The number of fused-ring (bicyclic) bond motifs is 1. The van der Waals surface area contributed by atoms with Gasteiger partial charge >= 0.3 is 0 Å². The molecule has 2 aromatic carbocycles. The smallest absolute Gasteiger partial charge is 0.183 e. The highest BCUT2D eigenvalue weighted by Crippen LogP contribution is 2.24. The fourth-order valence-corrected chi connectivity index (χ4v) is 3.44. The number of carbonyl (C=O) groups excluding carboxylic acids is 1. The minimum Gasteiger partial charge on any atom is -0.293 e. The number of nitrogens with zero attached hydrogens (tertiary/aromatic N) is 5. The van der Waals surface area contributed by atoms with E-state index in [1.165, 1.54) is 28.8 Å². The highest BCUT2D eigenvalue weighted by molar-refractivity contribution is 8.00. The zero-order chi connectivity index (χ0) is 18.6. The van der Waals surface area contributed by atoms with Gasteiger partial charge in [0.1, 0.15) is 17.2 Å². The Morgan fingerprint density at radius 3 is 2.63 bits per heavy atom. The molecule has 27 heavy (non-hydrogen) atoms. The Labute approximate surface area is 158 Å². The Bertz CT molecular complexity index is 1100. The van der Waals surface area contributed by atoms with Crippen LogP contribution < -0.4 is 0 Å². The number of thioether (sulfide) groups is 1. The molecule has 0 saturated heterocycles. The minimum atomic E-state index is -0.307. The lowest BCUT2D eigenvalue weighted by molar-refractivity contribution is 0.102. The van der Waals surface area contributed by atoms with Crippen molar-refractivity contribution in [2.24, 2.45) is 0 Å². The maximum Gasteiger partial charge on any atom is 0.183 e. The van der Waals surface area contributed by atoms with E-state index in [0.717, 1.165) is 0 Å². The average molecular weight is 379 g/mol. The van der Waals surface area contributed by atoms with Gasteiger partial charge in [-0.15, -0.1) is 5.10 Å². The molecular weight excluding hydrogens is 365 g/mol. The van der Waals surface area contributed by atoms with Crippen LogP contribution in [-0.2, 0) is 6.54 Å². The van der Waals surface area contributed by atoms with Crippen LogP contribution in [0.5, 0.6) is 0 Å². The molecule has 0 unspecified atom stereocenters. The molecule has 0 N–H and O–H groups in total. The second-order valence-electron chi connectivity index (χ2n) is 5.77. The fourth-order valence-electron chi connectivity index (χ4n) is 2.61. The molecule has 0 amide bonds. The number of ketones is 1. The number of hydrogen-bond acceptors (Lipinski definition) is 6. The van der Waals surface area contributed by atoms with E-state index in [4.69, 9.17) is 0 Å². The van der Waals surface area contributed by atoms with Gasteiger partial charge in [-0.25, -0.2) is 19.0 Å². The third-order valence-electron chi connectivity index (χ3n) is 3.98. The van der Waals surface area contributed by atoms with Crippen LogP contribution in [0.25, 0.3) is 11.2 Å². The molecule has 0 radical (unpaired) electrons. The standard InChI is InChI=1S/C19H14FN5OS/c20-15-9-5-4-8-14(15)10-25-18-17(23-24-25)19(22-12-21-18)27-11-16(26)13-6-2-1-3-7-13/h1-9,12H,10-11H2. The molecular formula is C19H14FN5OS. The molecule has 0 atom stereocenters. The van der Waals surface area contributed by atoms with Crippen molar-refractivity contribution in [2.45, 2.75) is 11.6 Å². The molecule has 2 aromatic heterocycles. The summed E-state index contributed by atoms with van der Waals surface area (Å²) in [5.74, 6) is -0.0691. The first-order chi connectivity index (χ1) is 13.2. The lowest BCUT2D eigenvalue weighted by Gasteiger charge is -2.04. The second kappa shape index (κ2) is 7.63. The Morgan fingerprint density at radius 2 is 1.81 bits per heavy atom. The first-order valence-corrected chi connectivity index (χ1v) is 9.19. The summed E-state index contributed by atoms with van der Waals surface area (Å²) in [5.41, 5.74) is 2.15. The van der Waals surface area contributed by atoms with Gasteiger partial charge in [-0.05, 0) is 6.07 Å². The number of hydrogen-bond donors (Lipinski definition) is 0. The molecule has 4 aromatic rings. The number of carbonyl (C=O) groups is 1. The number of rotatable bonds is 6. The van der Waals surface area contributed by atoms with Crippen LogP contribution in [0.1, 0.15) is 15.9 Å². The summed E-state index contributed by atoms with van der Waals surface area (Å²) in [6, 6.07) is 15.6. The summed E-state index contributed by atoms with van der Waals surface area (Å²) in [4.78, 5) is 20.7. The van der Waals surface area contributed by atoms with Crippen molar-refractivity contribution in [3.63, 3.8) is 0 Å². The van der Waals surface area contributed by atoms with Crippen LogP contribution in [0, 0.1) is 5.82 Å². The van der Waals surface area contributed by atoms with E-state index in [1.807, 2.05) is 18.2 Å². The number of halogens is 1. The molecule has 134 valence electrons. The van der Waals surface area contributed by atoms with Gasteiger partial charge in [0.05, 0.1) is 12.3 Å².